The highest BCUT2D eigenvalue weighted by Gasteiger charge is 2.44. The van der Waals surface area contributed by atoms with E-state index in [1.807, 2.05) is 36.4 Å². The van der Waals surface area contributed by atoms with Gasteiger partial charge in [0.2, 0.25) is 0 Å². The Bertz CT molecular complexity index is 1700. The average Bonchev–Trinajstić information content (AvgIpc) is 3.55. The first-order valence-corrected chi connectivity index (χ1v) is 12.8. The molecule has 6 rings (SSSR count). The molecule has 10 heteroatoms. The number of nitrogens with zero attached hydrogens (tertiary/aromatic N) is 4. The lowest BCUT2D eigenvalue weighted by Gasteiger charge is -2.40. The second-order valence-electron chi connectivity index (χ2n) is 9.86. The summed E-state index contributed by atoms with van der Waals surface area (Å²) in [4.78, 5) is 13.7. The van der Waals surface area contributed by atoms with E-state index in [9.17, 15) is 18.0 Å². The molecule has 1 N–H and O–H groups in total. The van der Waals surface area contributed by atoms with Crippen LogP contribution in [0.5, 0.6) is 0 Å². The van der Waals surface area contributed by atoms with E-state index in [-0.39, 0.29) is 41.1 Å². The summed E-state index contributed by atoms with van der Waals surface area (Å²) < 4.78 is 46.2. The van der Waals surface area contributed by atoms with E-state index in [0.29, 0.717) is 11.2 Å². The Hall–Kier alpha value is -4.11. The molecule has 1 amide bonds. The second-order valence-corrected chi connectivity index (χ2v) is 10.3. The summed E-state index contributed by atoms with van der Waals surface area (Å²) in [6, 6.07) is 19.5. The predicted octanol–water partition coefficient (Wildman–Crippen LogP) is 6.47. The van der Waals surface area contributed by atoms with Crippen LogP contribution >= 0.6 is 11.6 Å². The molecule has 3 aromatic carbocycles. The summed E-state index contributed by atoms with van der Waals surface area (Å²) in [6.45, 7) is 1.92. The van der Waals surface area contributed by atoms with Gasteiger partial charge >= 0.3 is 6.18 Å². The van der Waals surface area contributed by atoms with Crippen molar-refractivity contribution in [3.05, 3.63) is 112 Å². The summed E-state index contributed by atoms with van der Waals surface area (Å²) in [5.41, 5.74) is 1.69. The third kappa shape index (κ3) is 4.36. The number of hydrogen-bond donors (Lipinski definition) is 1. The van der Waals surface area contributed by atoms with Crippen molar-refractivity contribution in [1.29, 1.82) is 0 Å². The highest BCUT2D eigenvalue weighted by molar-refractivity contribution is 6.34. The number of aromatic nitrogens is 4. The molecule has 0 spiro atoms. The van der Waals surface area contributed by atoms with Gasteiger partial charge in [-0.1, -0.05) is 53.6 Å². The average molecular weight is 550 g/mol. The SMILES string of the molecule is Cc1ccc2c(c1)c(C(F)(F)F)c1n2C[C@@](NC(=O)c2ccc(-n3cnnc3)cc2Cl)(c2ccccc2)CC1. The highest BCUT2D eigenvalue weighted by atomic mass is 35.5. The zero-order valence-corrected chi connectivity index (χ0v) is 21.6. The van der Waals surface area contributed by atoms with Crippen molar-refractivity contribution in [2.24, 2.45) is 0 Å². The zero-order chi connectivity index (χ0) is 27.4. The number of rotatable bonds is 4. The Morgan fingerprint density at radius 3 is 2.46 bits per heavy atom. The van der Waals surface area contributed by atoms with Gasteiger partial charge in [0.1, 0.15) is 12.7 Å². The highest BCUT2D eigenvalue weighted by Crippen LogP contribution is 2.45. The molecule has 0 unspecified atom stereocenters. The maximum atomic E-state index is 14.3. The molecule has 0 aliphatic carbocycles. The first-order chi connectivity index (χ1) is 18.7. The van der Waals surface area contributed by atoms with Crippen LogP contribution in [-0.2, 0) is 24.7 Å². The normalized spacial score (nSPS) is 17.3. The Morgan fingerprint density at radius 2 is 1.77 bits per heavy atom. The van der Waals surface area contributed by atoms with Crippen molar-refractivity contribution in [3.8, 4) is 5.69 Å². The van der Waals surface area contributed by atoms with Crippen molar-refractivity contribution < 1.29 is 18.0 Å². The van der Waals surface area contributed by atoms with E-state index in [1.165, 1.54) is 12.7 Å². The van der Waals surface area contributed by atoms with E-state index in [4.69, 9.17) is 11.6 Å². The molecule has 5 aromatic rings. The monoisotopic (exact) mass is 549 g/mol. The summed E-state index contributed by atoms with van der Waals surface area (Å²) in [5.74, 6) is -0.411. The van der Waals surface area contributed by atoms with Gasteiger partial charge in [0.05, 0.1) is 28.2 Å². The van der Waals surface area contributed by atoms with Gasteiger partial charge < -0.3 is 9.88 Å². The molecule has 1 atom stereocenters. The van der Waals surface area contributed by atoms with Crippen LogP contribution in [0, 0.1) is 6.92 Å². The molecule has 1 aliphatic rings. The zero-order valence-electron chi connectivity index (χ0n) is 20.8. The number of halogens is 4. The summed E-state index contributed by atoms with van der Waals surface area (Å²) >= 11 is 6.53. The Labute approximate surface area is 227 Å². The van der Waals surface area contributed by atoms with Gasteiger partial charge in [-0.05, 0) is 55.7 Å². The van der Waals surface area contributed by atoms with Crippen molar-refractivity contribution >= 4 is 28.4 Å². The maximum absolute atomic E-state index is 14.3. The molecule has 6 nitrogen and oxygen atoms in total. The van der Waals surface area contributed by atoms with Crippen LogP contribution in [0.3, 0.4) is 0 Å². The molecule has 1 aliphatic heterocycles. The Morgan fingerprint density at radius 1 is 1.03 bits per heavy atom. The van der Waals surface area contributed by atoms with Gasteiger partial charge in [-0.2, -0.15) is 13.2 Å². The van der Waals surface area contributed by atoms with Crippen LogP contribution in [0.4, 0.5) is 13.2 Å². The molecule has 198 valence electrons. The van der Waals surface area contributed by atoms with E-state index in [1.54, 1.807) is 46.4 Å². The first-order valence-electron chi connectivity index (χ1n) is 12.4. The van der Waals surface area contributed by atoms with Crippen molar-refractivity contribution in [3.63, 3.8) is 0 Å². The van der Waals surface area contributed by atoms with Crippen LogP contribution in [0.15, 0.2) is 79.4 Å². The lowest BCUT2D eigenvalue weighted by atomic mass is 9.81. The molecule has 3 heterocycles. The fraction of sp³-hybridized carbons (Fsp3) is 0.207. The number of fused-ring (bicyclic) bond motifs is 3. The van der Waals surface area contributed by atoms with Gasteiger partial charge in [-0.15, -0.1) is 10.2 Å². The summed E-state index contributed by atoms with van der Waals surface area (Å²) in [7, 11) is 0. The van der Waals surface area contributed by atoms with E-state index < -0.39 is 23.2 Å². The van der Waals surface area contributed by atoms with Crippen molar-refractivity contribution in [1.82, 2.24) is 24.6 Å². The minimum absolute atomic E-state index is 0.137. The number of benzene rings is 3. The number of aryl methyl sites for hydroxylation is 1. The molecule has 2 aromatic heterocycles. The summed E-state index contributed by atoms with van der Waals surface area (Å²) in [5, 5.41) is 11.2. The van der Waals surface area contributed by atoms with Crippen LogP contribution in [0.1, 0.15) is 39.2 Å². The maximum Gasteiger partial charge on any atom is 0.418 e. The van der Waals surface area contributed by atoms with Gasteiger partial charge in [-0.25, -0.2) is 0 Å². The Balaban J connectivity index is 1.43. The van der Waals surface area contributed by atoms with E-state index >= 15 is 0 Å². The minimum Gasteiger partial charge on any atom is -0.341 e. The van der Waals surface area contributed by atoms with Crippen LogP contribution < -0.4 is 5.32 Å². The van der Waals surface area contributed by atoms with Gasteiger partial charge in [-0.3, -0.25) is 9.36 Å². The van der Waals surface area contributed by atoms with Crippen molar-refractivity contribution in [2.45, 2.75) is 38.0 Å². The van der Waals surface area contributed by atoms with Gasteiger partial charge in [0, 0.05) is 22.3 Å². The molecule has 0 saturated carbocycles. The van der Waals surface area contributed by atoms with Crippen LogP contribution in [0.2, 0.25) is 5.02 Å². The number of hydrogen-bond acceptors (Lipinski definition) is 3. The molecule has 0 fully saturated rings. The molecule has 0 saturated heterocycles. The molecule has 39 heavy (non-hydrogen) atoms. The van der Waals surface area contributed by atoms with Gasteiger partial charge in [0.25, 0.3) is 5.91 Å². The third-order valence-corrected chi connectivity index (χ3v) is 7.73. The third-order valence-electron chi connectivity index (χ3n) is 7.42. The molecule has 0 bridgehead atoms. The lowest BCUT2D eigenvalue weighted by Crippen LogP contribution is -2.51. The fourth-order valence-corrected chi connectivity index (χ4v) is 5.85. The largest absolute Gasteiger partial charge is 0.418 e. The van der Waals surface area contributed by atoms with Crippen molar-refractivity contribution in [2.75, 3.05) is 0 Å². The van der Waals surface area contributed by atoms with Gasteiger partial charge in [0.15, 0.2) is 0 Å². The quantitative estimate of drug-likeness (QED) is 0.279. The molecular formula is C29H23ClF3N5O. The van der Waals surface area contributed by atoms with Crippen LogP contribution in [0.25, 0.3) is 16.6 Å². The van der Waals surface area contributed by atoms with E-state index in [2.05, 4.69) is 15.5 Å². The van der Waals surface area contributed by atoms with E-state index in [0.717, 1.165) is 11.1 Å². The van der Waals surface area contributed by atoms with Crippen LogP contribution in [-0.4, -0.2) is 25.2 Å². The molecular weight excluding hydrogens is 527 g/mol. The minimum atomic E-state index is -4.50. The topological polar surface area (TPSA) is 64.7 Å². The lowest BCUT2D eigenvalue weighted by molar-refractivity contribution is -0.137. The number of carbonyl (C=O) groups is 1. The molecule has 0 radical (unpaired) electrons. The summed E-state index contributed by atoms with van der Waals surface area (Å²) in [6.07, 6.45) is -1.03. The second kappa shape index (κ2) is 9.27. The Kier molecular flexibility index (Phi) is 5.99. The number of nitrogens with one attached hydrogen (secondary N) is 1. The smallest absolute Gasteiger partial charge is 0.341 e. The predicted molar refractivity (Wildman–Crippen MR) is 142 cm³/mol. The number of alkyl halides is 3. The fourth-order valence-electron chi connectivity index (χ4n) is 5.59. The number of amides is 1. The standard InChI is InChI=1S/C29H23ClF3N5O/c1-18-7-10-24-22(13-18)26(29(31,32)33)25-11-12-28(15-38(24)25,19-5-3-2-4-6-19)36-27(39)21-9-8-20(14-23(21)30)37-16-34-35-17-37/h2-10,13-14,16-17H,11-12,15H2,1H3,(H,36,39)/t28-/m1/s1. The number of carbonyl (C=O) groups excluding carboxylic acids is 1. The first kappa shape index (κ1) is 25.2.